The third-order valence-corrected chi connectivity index (χ3v) is 3.67. The summed E-state index contributed by atoms with van der Waals surface area (Å²) >= 11 is 0. The van der Waals surface area contributed by atoms with Crippen LogP contribution in [0.25, 0.3) is 0 Å². The van der Waals surface area contributed by atoms with Crippen LogP contribution in [0.4, 0.5) is 4.79 Å². The lowest BCUT2D eigenvalue weighted by Gasteiger charge is -2.29. The summed E-state index contributed by atoms with van der Waals surface area (Å²) in [6.07, 6.45) is 0.713. The normalized spacial score (nSPS) is 17.0. The van der Waals surface area contributed by atoms with Crippen molar-refractivity contribution in [2.75, 3.05) is 20.8 Å². The lowest BCUT2D eigenvalue weighted by atomic mass is 9.94. The molecule has 24 heavy (non-hydrogen) atoms. The summed E-state index contributed by atoms with van der Waals surface area (Å²) in [7, 11) is 3.04. The SMILES string of the molecule is CCCOC(=O)C1=C(C)NC(=O)N[C@H]1c1cccc(OC)c1OC. The highest BCUT2D eigenvalue weighted by Crippen LogP contribution is 2.38. The molecule has 0 aliphatic carbocycles. The minimum absolute atomic E-state index is 0.311. The molecule has 0 bridgehead atoms. The van der Waals surface area contributed by atoms with E-state index in [1.54, 1.807) is 25.1 Å². The van der Waals surface area contributed by atoms with Gasteiger partial charge in [-0.05, 0) is 19.4 Å². The van der Waals surface area contributed by atoms with Crippen molar-refractivity contribution in [3.63, 3.8) is 0 Å². The molecule has 7 heteroatoms. The second kappa shape index (κ2) is 7.72. The monoisotopic (exact) mass is 334 g/mol. The number of urea groups is 1. The summed E-state index contributed by atoms with van der Waals surface area (Å²) in [5.74, 6) is 0.499. The van der Waals surface area contributed by atoms with E-state index < -0.39 is 18.0 Å². The van der Waals surface area contributed by atoms with Gasteiger partial charge in [-0.1, -0.05) is 19.1 Å². The molecule has 2 N–H and O–H groups in total. The maximum absolute atomic E-state index is 12.5. The van der Waals surface area contributed by atoms with Crippen molar-refractivity contribution in [2.45, 2.75) is 26.3 Å². The molecule has 130 valence electrons. The molecule has 0 radical (unpaired) electrons. The van der Waals surface area contributed by atoms with Crippen molar-refractivity contribution in [3.05, 3.63) is 35.0 Å². The Morgan fingerprint density at radius 2 is 2.00 bits per heavy atom. The van der Waals surface area contributed by atoms with Gasteiger partial charge >= 0.3 is 12.0 Å². The highest BCUT2D eigenvalue weighted by Gasteiger charge is 2.34. The van der Waals surface area contributed by atoms with Crippen LogP contribution >= 0.6 is 0 Å². The minimum atomic E-state index is -0.687. The molecule has 0 unspecified atom stereocenters. The van der Waals surface area contributed by atoms with E-state index in [1.807, 2.05) is 6.92 Å². The summed E-state index contributed by atoms with van der Waals surface area (Å²) in [6.45, 7) is 3.89. The van der Waals surface area contributed by atoms with Crippen molar-refractivity contribution in [2.24, 2.45) is 0 Å². The fourth-order valence-electron chi connectivity index (χ4n) is 2.61. The third-order valence-electron chi connectivity index (χ3n) is 3.67. The average molecular weight is 334 g/mol. The molecule has 2 rings (SSSR count). The molecule has 2 amide bonds. The number of allylic oxidation sites excluding steroid dienone is 1. The summed E-state index contributed by atoms with van der Waals surface area (Å²) < 4.78 is 16.0. The fraction of sp³-hybridized carbons (Fsp3) is 0.412. The second-order valence-corrected chi connectivity index (χ2v) is 5.29. The molecular formula is C17H22N2O5. The Bertz CT molecular complexity index is 669. The molecule has 0 saturated heterocycles. The van der Waals surface area contributed by atoms with Crippen LogP contribution in [0.3, 0.4) is 0 Å². The van der Waals surface area contributed by atoms with Gasteiger partial charge in [0.2, 0.25) is 0 Å². The van der Waals surface area contributed by atoms with Crippen LogP contribution in [0, 0.1) is 0 Å². The van der Waals surface area contributed by atoms with E-state index in [9.17, 15) is 9.59 Å². The smallest absolute Gasteiger partial charge is 0.338 e. The van der Waals surface area contributed by atoms with Gasteiger partial charge < -0.3 is 24.8 Å². The van der Waals surface area contributed by atoms with E-state index in [1.165, 1.54) is 14.2 Å². The Balaban J connectivity index is 2.51. The highest BCUT2D eigenvalue weighted by atomic mass is 16.5. The van der Waals surface area contributed by atoms with E-state index >= 15 is 0 Å². The lowest BCUT2D eigenvalue weighted by molar-refractivity contribution is -0.139. The van der Waals surface area contributed by atoms with Gasteiger partial charge in [-0.25, -0.2) is 9.59 Å². The number of carbonyl (C=O) groups is 2. The number of carbonyl (C=O) groups excluding carboxylic acids is 2. The van der Waals surface area contributed by atoms with Crippen LogP contribution in [0.2, 0.25) is 0 Å². The van der Waals surface area contributed by atoms with Crippen molar-refractivity contribution in [3.8, 4) is 11.5 Å². The molecule has 1 aliphatic heterocycles. The summed E-state index contributed by atoms with van der Waals surface area (Å²) in [5.41, 5.74) is 1.42. The largest absolute Gasteiger partial charge is 0.493 e. The van der Waals surface area contributed by atoms with Gasteiger partial charge in [-0.2, -0.15) is 0 Å². The Kier molecular flexibility index (Phi) is 5.68. The number of ether oxygens (including phenoxy) is 3. The van der Waals surface area contributed by atoms with Crippen LogP contribution in [0.15, 0.2) is 29.5 Å². The van der Waals surface area contributed by atoms with Crippen LogP contribution in [-0.4, -0.2) is 32.8 Å². The van der Waals surface area contributed by atoms with Gasteiger partial charge in [-0.15, -0.1) is 0 Å². The second-order valence-electron chi connectivity index (χ2n) is 5.29. The number of hydrogen-bond donors (Lipinski definition) is 2. The molecule has 0 aromatic heterocycles. The topological polar surface area (TPSA) is 85.9 Å². The average Bonchev–Trinajstić information content (AvgIpc) is 2.58. The number of benzene rings is 1. The van der Waals surface area contributed by atoms with E-state index in [2.05, 4.69) is 10.6 Å². The van der Waals surface area contributed by atoms with Crippen molar-refractivity contribution in [1.82, 2.24) is 10.6 Å². The Hall–Kier alpha value is -2.70. The van der Waals surface area contributed by atoms with E-state index in [0.717, 1.165) is 0 Å². The quantitative estimate of drug-likeness (QED) is 0.780. The summed E-state index contributed by atoms with van der Waals surface area (Å²) in [6, 6.07) is 4.21. The number of para-hydroxylation sites is 1. The standard InChI is InChI=1S/C17H22N2O5/c1-5-9-24-16(20)13-10(2)18-17(21)19-14(13)11-7-6-8-12(22-3)15(11)23-4/h6-8,14H,5,9H2,1-4H3,(H2,18,19,21)/t14-/m0/s1. The van der Waals surface area contributed by atoms with Gasteiger partial charge in [0.15, 0.2) is 11.5 Å². The van der Waals surface area contributed by atoms with Crippen molar-refractivity contribution in [1.29, 1.82) is 0 Å². The molecule has 1 atom stereocenters. The molecule has 0 spiro atoms. The third kappa shape index (κ3) is 3.45. The first-order valence-corrected chi connectivity index (χ1v) is 7.69. The molecule has 1 aromatic carbocycles. The molecule has 1 heterocycles. The van der Waals surface area contributed by atoms with Crippen molar-refractivity contribution >= 4 is 12.0 Å². The zero-order valence-electron chi connectivity index (χ0n) is 14.3. The first-order valence-electron chi connectivity index (χ1n) is 7.69. The van der Waals surface area contributed by atoms with Crippen LogP contribution in [-0.2, 0) is 9.53 Å². The van der Waals surface area contributed by atoms with Gasteiger partial charge in [0.1, 0.15) is 0 Å². The first-order chi connectivity index (χ1) is 11.5. The Morgan fingerprint density at radius 3 is 2.62 bits per heavy atom. The van der Waals surface area contributed by atoms with Crippen LogP contribution < -0.4 is 20.1 Å². The van der Waals surface area contributed by atoms with E-state index in [-0.39, 0.29) is 0 Å². The highest BCUT2D eigenvalue weighted by molar-refractivity contribution is 5.95. The molecule has 1 aromatic rings. The van der Waals surface area contributed by atoms with E-state index in [0.29, 0.717) is 41.4 Å². The van der Waals surface area contributed by atoms with Gasteiger partial charge in [0, 0.05) is 11.3 Å². The summed E-state index contributed by atoms with van der Waals surface area (Å²) in [5, 5.41) is 5.36. The Morgan fingerprint density at radius 1 is 1.25 bits per heavy atom. The van der Waals surface area contributed by atoms with Crippen LogP contribution in [0.5, 0.6) is 11.5 Å². The maximum Gasteiger partial charge on any atom is 0.338 e. The first kappa shape index (κ1) is 17.7. The minimum Gasteiger partial charge on any atom is -0.493 e. The van der Waals surface area contributed by atoms with Gasteiger partial charge in [0.05, 0.1) is 32.4 Å². The van der Waals surface area contributed by atoms with Crippen LogP contribution in [0.1, 0.15) is 31.9 Å². The molecule has 0 fully saturated rings. The zero-order chi connectivity index (χ0) is 17.7. The molecule has 7 nitrogen and oxygen atoms in total. The number of esters is 1. The van der Waals surface area contributed by atoms with E-state index in [4.69, 9.17) is 14.2 Å². The lowest BCUT2D eigenvalue weighted by Crippen LogP contribution is -2.45. The summed E-state index contributed by atoms with van der Waals surface area (Å²) in [4.78, 5) is 24.4. The predicted molar refractivity (Wildman–Crippen MR) is 87.9 cm³/mol. The Labute approximate surface area is 141 Å². The van der Waals surface area contributed by atoms with Crippen molar-refractivity contribution < 1.29 is 23.8 Å². The number of rotatable bonds is 6. The fourth-order valence-corrected chi connectivity index (χ4v) is 2.61. The number of methoxy groups -OCH3 is 2. The number of amides is 2. The van der Waals surface area contributed by atoms with Gasteiger partial charge in [0.25, 0.3) is 0 Å². The number of hydrogen-bond acceptors (Lipinski definition) is 5. The number of nitrogens with one attached hydrogen (secondary N) is 2. The zero-order valence-corrected chi connectivity index (χ0v) is 14.3. The molecular weight excluding hydrogens is 312 g/mol. The molecule has 1 aliphatic rings. The molecule has 0 saturated carbocycles. The predicted octanol–water partition coefficient (Wildman–Crippen LogP) is 2.28. The maximum atomic E-state index is 12.5. The van der Waals surface area contributed by atoms with Gasteiger partial charge in [-0.3, -0.25) is 0 Å².